The van der Waals surface area contributed by atoms with Crippen LogP contribution in [0.1, 0.15) is 11.1 Å². The Balaban J connectivity index is 2.05. The van der Waals surface area contributed by atoms with Crippen LogP contribution in [0.5, 0.6) is 5.75 Å². The second-order valence-electron chi connectivity index (χ2n) is 3.88. The third-order valence-electron chi connectivity index (χ3n) is 2.40. The summed E-state index contributed by atoms with van der Waals surface area (Å²) in [5.74, 6) is 5.93. The molecule has 102 valence electrons. The van der Waals surface area contributed by atoms with Gasteiger partial charge in [-0.25, -0.2) is 4.39 Å². The number of rotatable bonds is 3. The Morgan fingerprint density at radius 1 is 1.25 bits per heavy atom. The zero-order valence-electron chi connectivity index (χ0n) is 10.4. The van der Waals surface area contributed by atoms with Gasteiger partial charge in [0.25, 0.3) is 0 Å². The number of ether oxygens (including phenoxy) is 1. The molecule has 1 aromatic carbocycles. The van der Waals surface area contributed by atoms with E-state index in [4.69, 9.17) is 27.9 Å². The number of nitrogens with zero attached hydrogens (tertiary/aromatic N) is 1. The van der Waals surface area contributed by atoms with Crippen LogP contribution in [0.25, 0.3) is 0 Å². The first kappa shape index (κ1) is 14.6. The summed E-state index contributed by atoms with van der Waals surface area (Å²) in [5, 5.41) is 0.0914. The molecule has 0 bridgehead atoms. The maximum atomic E-state index is 13.3. The Labute approximate surface area is 126 Å². The molecule has 0 amide bonds. The first-order chi connectivity index (χ1) is 9.69. The van der Waals surface area contributed by atoms with Crippen molar-refractivity contribution >= 4 is 23.2 Å². The molecule has 0 saturated carbocycles. The van der Waals surface area contributed by atoms with E-state index in [1.807, 2.05) is 0 Å². The highest BCUT2D eigenvalue weighted by Gasteiger charge is 2.02. The summed E-state index contributed by atoms with van der Waals surface area (Å²) in [7, 11) is 0. The monoisotopic (exact) mass is 309 g/mol. The number of pyridine rings is 1. The van der Waals surface area contributed by atoms with Gasteiger partial charge in [-0.1, -0.05) is 29.5 Å². The van der Waals surface area contributed by atoms with Gasteiger partial charge in [0.1, 0.15) is 18.2 Å². The molecule has 0 atom stereocenters. The van der Waals surface area contributed by atoms with E-state index in [0.29, 0.717) is 16.9 Å². The van der Waals surface area contributed by atoms with E-state index in [2.05, 4.69) is 16.8 Å². The Bertz CT molecular complexity index is 664. The summed E-state index contributed by atoms with van der Waals surface area (Å²) in [5.41, 5.74) is 1.40. The fourth-order valence-electron chi connectivity index (χ4n) is 1.50. The number of halogens is 3. The van der Waals surface area contributed by atoms with Gasteiger partial charge in [0, 0.05) is 11.8 Å². The van der Waals surface area contributed by atoms with Crippen LogP contribution in [-0.2, 0) is 6.61 Å². The maximum Gasteiger partial charge on any atom is 0.142 e. The van der Waals surface area contributed by atoms with Crippen LogP contribution in [0.2, 0.25) is 5.02 Å². The van der Waals surface area contributed by atoms with E-state index in [1.165, 1.54) is 12.1 Å². The summed E-state index contributed by atoms with van der Waals surface area (Å²) >= 11 is 11.1. The van der Waals surface area contributed by atoms with Crippen molar-refractivity contribution in [2.45, 2.75) is 6.61 Å². The van der Waals surface area contributed by atoms with Gasteiger partial charge in [-0.05, 0) is 23.8 Å². The highest BCUT2D eigenvalue weighted by molar-refractivity contribution is 6.30. The van der Waals surface area contributed by atoms with Gasteiger partial charge in [0.15, 0.2) is 0 Å². The second kappa shape index (κ2) is 7.14. The van der Waals surface area contributed by atoms with Crippen molar-refractivity contribution in [2.24, 2.45) is 0 Å². The summed E-state index contributed by atoms with van der Waals surface area (Å²) in [4.78, 5) is 4.02. The van der Waals surface area contributed by atoms with Gasteiger partial charge in [0.2, 0.25) is 0 Å². The average Bonchev–Trinajstić information content (AvgIpc) is 2.47. The van der Waals surface area contributed by atoms with Crippen LogP contribution >= 0.6 is 23.2 Å². The van der Waals surface area contributed by atoms with Crippen LogP contribution in [-0.4, -0.2) is 10.9 Å². The van der Waals surface area contributed by atoms with Crippen LogP contribution in [0.15, 0.2) is 36.7 Å². The molecule has 0 N–H and O–H groups in total. The van der Waals surface area contributed by atoms with Gasteiger partial charge in [-0.15, -0.1) is 11.6 Å². The molecule has 2 aromatic rings. The van der Waals surface area contributed by atoms with Crippen LogP contribution in [0, 0.1) is 17.7 Å². The molecule has 0 fully saturated rings. The van der Waals surface area contributed by atoms with E-state index in [9.17, 15) is 4.39 Å². The summed E-state index contributed by atoms with van der Waals surface area (Å²) in [6.45, 7) is 0.224. The summed E-state index contributed by atoms with van der Waals surface area (Å²) in [6, 6.07) is 6.29. The molecule has 0 spiro atoms. The van der Waals surface area contributed by atoms with Crippen molar-refractivity contribution in [1.29, 1.82) is 0 Å². The van der Waals surface area contributed by atoms with Gasteiger partial charge < -0.3 is 4.74 Å². The third-order valence-corrected chi connectivity index (χ3v) is 2.84. The van der Waals surface area contributed by atoms with Crippen molar-refractivity contribution in [3.05, 3.63) is 58.6 Å². The molecule has 2 nitrogen and oxygen atoms in total. The third kappa shape index (κ3) is 4.12. The molecule has 1 aromatic heterocycles. The number of alkyl halides is 1. The van der Waals surface area contributed by atoms with Gasteiger partial charge in [-0.2, -0.15) is 0 Å². The zero-order valence-corrected chi connectivity index (χ0v) is 11.9. The molecule has 0 aliphatic rings. The smallest absolute Gasteiger partial charge is 0.142 e. The van der Waals surface area contributed by atoms with Gasteiger partial charge in [-0.3, -0.25) is 4.98 Å². The average molecular weight is 310 g/mol. The molecule has 0 aliphatic heterocycles. The number of hydrogen-bond donors (Lipinski definition) is 0. The highest BCUT2D eigenvalue weighted by atomic mass is 35.5. The number of hydrogen-bond acceptors (Lipinski definition) is 2. The molecule has 20 heavy (non-hydrogen) atoms. The largest absolute Gasteiger partial charge is 0.487 e. The molecule has 5 heteroatoms. The molecule has 1 heterocycles. The Morgan fingerprint density at radius 3 is 2.85 bits per heavy atom. The Hall–Kier alpha value is -1.76. The quantitative estimate of drug-likeness (QED) is 0.630. The van der Waals surface area contributed by atoms with Crippen LogP contribution in [0.3, 0.4) is 0 Å². The molecule has 0 saturated heterocycles. The Morgan fingerprint density at radius 2 is 2.10 bits per heavy atom. The first-order valence-corrected chi connectivity index (χ1v) is 6.67. The SMILES string of the molecule is Fc1cc(COc2cncc(C#CCCl)c2)ccc1Cl. The lowest BCUT2D eigenvalue weighted by molar-refractivity contribution is 0.304. The maximum absolute atomic E-state index is 13.3. The zero-order chi connectivity index (χ0) is 14.4. The van der Waals surface area contributed by atoms with Gasteiger partial charge in [0.05, 0.1) is 17.1 Å². The van der Waals surface area contributed by atoms with Crippen molar-refractivity contribution in [3.8, 4) is 17.6 Å². The molecule has 0 unspecified atom stereocenters. The minimum absolute atomic E-state index is 0.0914. The summed E-state index contributed by atoms with van der Waals surface area (Å²) < 4.78 is 18.8. The lowest BCUT2D eigenvalue weighted by Crippen LogP contribution is -1.97. The highest BCUT2D eigenvalue weighted by Crippen LogP contribution is 2.17. The van der Waals surface area contributed by atoms with Crippen molar-refractivity contribution in [1.82, 2.24) is 4.98 Å². The fourth-order valence-corrected chi connectivity index (χ4v) is 1.68. The van der Waals surface area contributed by atoms with Crippen molar-refractivity contribution in [3.63, 3.8) is 0 Å². The minimum atomic E-state index is -0.465. The fraction of sp³-hybridized carbons (Fsp3) is 0.133. The molecular weight excluding hydrogens is 300 g/mol. The number of aromatic nitrogens is 1. The van der Waals surface area contributed by atoms with Gasteiger partial charge >= 0.3 is 0 Å². The van der Waals surface area contributed by atoms with Crippen molar-refractivity contribution < 1.29 is 9.13 Å². The lowest BCUT2D eigenvalue weighted by atomic mass is 10.2. The lowest BCUT2D eigenvalue weighted by Gasteiger charge is -2.06. The molecule has 0 radical (unpaired) electrons. The first-order valence-electron chi connectivity index (χ1n) is 5.75. The van der Waals surface area contributed by atoms with E-state index < -0.39 is 5.82 Å². The predicted octanol–water partition coefficient (Wildman–Crippen LogP) is 4.04. The normalized spacial score (nSPS) is 9.75. The molecule has 2 rings (SSSR count). The predicted molar refractivity (Wildman–Crippen MR) is 77.6 cm³/mol. The Kier molecular flexibility index (Phi) is 5.23. The minimum Gasteiger partial charge on any atom is -0.487 e. The van der Waals surface area contributed by atoms with Crippen LogP contribution in [0.4, 0.5) is 4.39 Å². The second-order valence-corrected chi connectivity index (χ2v) is 4.56. The molecular formula is C15H10Cl2FNO. The van der Waals surface area contributed by atoms with Crippen molar-refractivity contribution in [2.75, 3.05) is 5.88 Å². The standard InChI is InChI=1S/C15H10Cl2FNO/c16-5-1-2-11-6-13(9-19-8-11)20-10-12-3-4-14(17)15(18)7-12/h3-4,6-9H,5,10H2. The number of benzene rings is 1. The topological polar surface area (TPSA) is 22.1 Å². The summed E-state index contributed by atoms with van der Waals surface area (Å²) in [6.07, 6.45) is 3.19. The van der Waals surface area contributed by atoms with E-state index in [1.54, 1.807) is 24.5 Å². The van der Waals surface area contributed by atoms with E-state index in [0.717, 1.165) is 0 Å². The van der Waals surface area contributed by atoms with E-state index in [-0.39, 0.29) is 17.5 Å². The van der Waals surface area contributed by atoms with E-state index >= 15 is 0 Å². The molecule has 0 aliphatic carbocycles. The van der Waals surface area contributed by atoms with Crippen LogP contribution < -0.4 is 4.74 Å².